The number of hydrogen-bond donors (Lipinski definition) is 3. The van der Waals surface area contributed by atoms with Gasteiger partial charge in [0.15, 0.2) is 0 Å². The highest BCUT2D eigenvalue weighted by atomic mass is 19.3. The first-order valence-corrected chi connectivity index (χ1v) is 10.3. The number of carbonyl (C=O) groups excluding carboxylic acids is 1. The number of methoxy groups -OCH3 is 1. The predicted octanol–water partition coefficient (Wildman–Crippen LogP) is 3.94. The summed E-state index contributed by atoms with van der Waals surface area (Å²) in [6, 6.07) is 8.65. The number of amides is 1. The second-order valence-electron chi connectivity index (χ2n) is 7.32. The van der Waals surface area contributed by atoms with Gasteiger partial charge in [-0.05, 0) is 17.7 Å². The summed E-state index contributed by atoms with van der Waals surface area (Å²) in [5.74, 6) is 0.297. The summed E-state index contributed by atoms with van der Waals surface area (Å²) in [6.45, 7) is 1.25. The topological polar surface area (TPSA) is 88.3 Å². The van der Waals surface area contributed by atoms with Gasteiger partial charge in [-0.1, -0.05) is 18.2 Å². The highest BCUT2D eigenvalue weighted by molar-refractivity contribution is 6.06. The maximum atomic E-state index is 13.1. The number of hydrogen-bond acceptors (Lipinski definition) is 5. The van der Waals surface area contributed by atoms with Crippen molar-refractivity contribution in [1.29, 1.82) is 0 Å². The number of halogens is 2. The van der Waals surface area contributed by atoms with Gasteiger partial charge < -0.3 is 25.1 Å². The predicted molar refractivity (Wildman–Crippen MR) is 117 cm³/mol. The lowest BCUT2D eigenvalue weighted by molar-refractivity contribution is 0.0946. The molecule has 7 nitrogen and oxygen atoms in total. The van der Waals surface area contributed by atoms with Gasteiger partial charge in [0.2, 0.25) is 6.43 Å². The van der Waals surface area contributed by atoms with Crippen LogP contribution in [-0.2, 0) is 17.6 Å². The van der Waals surface area contributed by atoms with Crippen LogP contribution < -0.4 is 15.4 Å². The van der Waals surface area contributed by atoms with Crippen LogP contribution in [0.5, 0.6) is 5.75 Å². The minimum absolute atomic E-state index is 0.224. The largest absolute Gasteiger partial charge is 0.489 e. The van der Waals surface area contributed by atoms with Crippen molar-refractivity contribution in [2.24, 2.45) is 0 Å². The number of benzene rings is 1. The van der Waals surface area contributed by atoms with Gasteiger partial charge in [0.25, 0.3) is 5.91 Å². The molecule has 32 heavy (non-hydrogen) atoms. The summed E-state index contributed by atoms with van der Waals surface area (Å²) in [6.07, 6.45) is 0.978. The van der Waals surface area contributed by atoms with Gasteiger partial charge in [0.1, 0.15) is 12.4 Å². The van der Waals surface area contributed by atoms with Crippen molar-refractivity contribution in [2.45, 2.75) is 19.3 Å². The molecule has 1 aromatic carbocycles. The van der Waals surface area contributed by atoms with Gasteiger partial charge in [-0.25, -0.2) is 8.78 Å². The van der Waals surface area contributed by atoms with Crippen molar-refractivity contribution in [3.8, 4) is 17.0 Å². The molecule has 3 heterocycles. The maximum absolute atomic E-state index is 13.1. The number of alkyl halides is 2. The number of nitrogens with one attached hydrogen (secondary N) is 3. The molecular formula is C23H24F2N4O3. The molecule has 0 spiro atoms. The number of nitrogens with zero attached hydrogens (tertiary/aromatic N) is 1. The van der Waals surface area contributed by atoms with E-state index in [2.05, 4.69) is 20.6 Å². The molecule has 3 N–H and O–H groups in total. The third-order valence-electron chi connectivity index (χ3n) is 5.22. The zero-order valence-corrected chi connectivity index (χ0v) is 17.6. The van der Waals surface area contributed by atoms with Crippen LogP contribution in [0.1, 0.15) is 21.6 Å². The number of aromatic amines is 1. The van der Waals surface area contributed by atoms with E-state index in [9.17, 15) is 13.6 Å². The second-order valence-corrected chi connectivity index (χ2v) is 7.32. The smallest absolute Gasteiger partial charge is 0.255 e. The quantitative estimate of drug-likeness (QED) is 0.437. The fourth-order valence-electron chi connectivity index (χ4n) is 3.76. The van der Waals surface area contributed by atoms with Gasteiger partial charge >= 0.3 is 0 Å². The van der Waals surface area contributed by atoms with E-state index in [4.69, 9.17) is 9.47 Å². The molecule has 1 aliphatic rings. The van der Waals surface area contributed by atoms with E-state index < -0.39 is 12.8 Å². The Bertz CT molecular complexity index is 1100. The molecule has 168 valence electrons. The Hall–Kier alpha value is -3.46. The Morgan fingerprint density at radius 1 is 1.22 bits per heavy atom. The molecule has 0 unspecified atom stereocenters. The number of aromatic nitrogens is 2. The van der Waals surface area contributed by atoms with E-state index in [1.54, 1.807) is 49.8 Å². The molecule has 0 saturated heterocycles. The van der Waals surface area contributed by atoms with Crippen molar-refractivity contribution in [1.82, 2.24) is 15.3 Å². The fraction of sp³-hybridized carbons (Fsp3) is 0.304. The Labute approximate surface area is 184 Å². The number of rotatable bonds is 9. The van der Waals surface area contributed by atoms with Crippen molar-refractivity contribution in [2.75, 3.05) is 32.2 Å². The first kappa shape index (κ1) is 21.8. The molecule has 1 aliphatic heterocycles. The van der Waals surface area contributed by atoms with Gasteiger partial charge in [0.05, 0.1) is 29.7 Å². The van der Waals surface area contributed by atoms with Gasteiger partial charge in [-0.2, -0.15) is 0 Å². The molecule has 4 rings (SSSR count). The van der Waals surface area contributed by atoms with Crippen LogP contribution in [0.2, 0.25) is 0 Å². The van der Waals surface area contributed by atoms with E-state index in [0.717, 1.165) is 5.69 Å². The highest BCUT2D eigenvalue weighted by Crippen LogP contribution is 2.40. The van der Waals surface area contributed by atoms with Crippen LogP contribution in [0.15, 0.2) is 42.7 Å². The summed E-state index contributed by atoms with van der Waals surface area (Å²) < 4.78 is 37.1. The molecule has 0 atom stereocenters. The average molecular weight is 442 g/mol. The van der Waals surface area contributed by atoms with E-state index in [0.29, 0.717) is 65.7 Å². The van der Waals surface area contributed by atoms with Crippen LogP contribution in [0.4, 0.5) is 20.2 Å². The molecule has 0 radical (unpaired) electrons. The van der Waals surface area contributed by atoms with Crippen LogP contribution in [0.25, 0.3) is 11.3 Å². The lowest BCUT2D eigenvalue weighted by atomic mass is 10.0. The lowest BCUT2D eigenvalue weighted by Crippen LogP contribution is -2.31. The normalized spacial score (nSPS) is 13.1. The first-order chi connectivity index (χ1) is 15.6. The fourth-order valence-corrected chi connectivity index (χ4v) is 3.76. The number of pyridine rings is 1. The Morgan fingerprint density at radius 3 is 2.88 bits per heavy atom. The van der Waals surface area contributed by atoms with E-state index in [1.807, 2.05) is 0 Å². The minimum atomic E-state index is -2.48. The molecule has 1 amide bonds. The number of H-pyrrole nitrogens is 1. The van der Waals surface area contributed by atoms with Crippen LogP contribution in [0.3, 0.4) is 0 Å². The number of fused-ring (bicyclic) bond motifs is 1. The molecule has 0 saturated carbocycles. The Balaban J connectivity index is 1.81. The summed E-state index contributed by atoms with van der Waals surface area (Å²) in [5.41, 5.74) is 4.08. The third-order valence-corrected chi connectivity index (χ3v) is 5.22. The van der Waals surface area contributed by atoms with E-state index in [1.165, 1.54) is 0 Å². The van der Waals surface area contributed by atoms with Crippen molar-refractivity contribution in [3.63, 3.8) is 0 Å². The molecule has 0 aliphatic carbocycles. The summed E-state index contributed by atoms with van der Waals surface area (Å²) in [7, 11) is 1.59. The van der Waals surface area contributed by atoms with E-state index in [-0.39, 0.29) is 5.91 Å². The van der Waals surface area contributed by atoms with Crippen LogP contribution in [0, 0.1) is 0 Å². The summed E-state index contributed by atoms with van der Waals surface area (Å²) in [5, 5.41) is 6.11. The summed E-state index contributed by atoms with van der Waals surface area (Å²) >= 11 is 0. The van der Waals surface area contributed by atoms with Crippen molar-refractivity contribution >= 4 is 17.3 Å². The Morgan fingerprint density at radius 2 is 2.06 bits per heavy atom. The zero-order valence-electron chi connectivity index (χ0n) is 17.6. The monoisotopic (exact) mass is 442 g/mol. The van der Waals surface area contributed by atoms with Gasteiger partial charge in [-0.3, -0.25) is 9.78 Å². The first-order valence-electron chi connectivity index (χ1n) is 10.3. The Kier molecular flexibility index (Phi) is 6.65. The molecule has 0 bridgehead atoms. The molecule has 0 fully saturated rings. The van der Waals surface area contributed by atoms with Gasteiger partial charge in [-0.15, -0.1) is 0 Å². The number of para-hydroxylation sites is 1. The lowest BCUT2D eigenvalue weighted by Gasteiger charge is -2.17. The average Bonchev–Trinajstić information content (AvgIpc) is 3.15. The van der Waals surface area contributed by atoms with Crippen molar-refractivity contribution < 1.29 is 23.0 Å². The molecule has 9 heteroatoms. The van der Waals surface area contributed by atoms with Crippen LogP contribution in [-0.4, -0.2) is 49.2 Å². The summed E-state index contributed by atoms with van der Waals surface area (Å²) in [4.78, 5) is 20.2. The number of anilines is 2. The van der Waals surface area contributed by atoms with Gasteiger partial charge in [0, 0.05) is 49.6 Å². The SMILES string of the molecule is COCCOc1cnccc1-c1[nH]c2c(c1Nc1ccccc1CC(F)F)C(=O)NCC2. The third kappa shape index (κ3) is 4.57. The minimum Gasteiger partial charge on any atom is -0.489 e. The van der Waals surface area contributed by atoms with Crippen LogP contribution >= 0.6 is 0 Å². The number of carbonyl (C=O) groups is 1. The zero-order chi connectivity index (χ0) is 22.5. The van der Waals surface area contributed by atoms with E-state index >= 15 is 0 Å². The molecule has 2 aromatic heterocycles. The maximum Gasteiger partial charge on any atom is 0.255 e. The standard InChI is InChI=1S/C23H24F2N4O3/c1-31-10-11-32-18-13-26-8-6-15(18)21-22(20-17(29-21)7-9-27-23(20)30)28-16-5-3-2-4-14(16)12-19(24)25/h2-6,8,13,19,28-29H,7,9-12H2,1H3,(H,27,30). The van der Waals surface area contributed by atoms with Crippen molar-refractivity contribution in [3.05, 3.63) is 59.5 Å². The second kappa shape index (κ2) is 9.78. The molecular weight excluding hydrogens is 418 g/mol. The number of ether oxygens (including phenoxy) is 2. The molecule has 3 aromatic rings. The highest BCUT2D eigenvalue weighted by Gasteiger charge is 2.28.